The van der Waals surface area contributed by atoms with Crippen LogP contribution in [0.25, 0.3) is 0 Å². The largest absolute Gasteiger partial charge is 0.321 e. The molecule has 1 unspecified atom stereocenters. The van der Waals surface area contributed by atoms with Crippen molar-refractivity contribution in [2.45, 2.75) is 25.8 Å². The van der Waals surface area contributed by atoms with E-state index in [-0.39, 0.29) is 5.82 Å². The predicted molar refractivity (Wildman–Crippen MR) is 74.6 cm³/mol. The summed E-state index contributed by atoms with van der Waals surface area (Å²) in [5, 5.41) is 4.84. The number of halogens is 2. The summed E-state index contributed by atoms with van der Waals surface area (Å²) in [6.07, 6.45) is 0.421. The fourth-order valence-corrected chi connectivity index (χ4v) is 2.47. The molecular weight excluding hydrogens is 265 g/mol. The van der Waals surface area contributed by atoms with Gasteiger partial charge in [0.25, 0.3) is 0 Å². The van der Waals surface area contributed by atoms with Crippen molar-refractivity contribution in [3.8, 4) is 0 Å². The molecule has 0 aliphatic rings. The second-order valence-electron chi connectivity index (χ2n) is 5.04. The lowest BCUT2D eigenvalue weighted by atomic mass is 9.88. The van der Waals surface area contributed by atoms with E-state index in [1.54, 1.807) is 29.8 Å². The normalized spacial score (nSPS) is 14.4. The third-order valence-corrected chi connectivity index (χ3v) is 3.78. The minimum absolute atomic E-state index is 0.303. The minimum atomic E-state index is -0.838. The van der Waals surface area contributed by atoms with Crippen molar-refractivity contribution in [2.24, 2.45) is 12.8 Å². The summed E-state index contributed by atoms with van der Waals surface area (Å²) in [4.78, 5) is 0. The molecule has 3 nitrogen and oxygen atoms in total. The Morgan fingerprint density at radius 3 is 2.58 bits per heavy atom. The number of rotatable bonds is 3. The van der Waals surface area contributed by atoms with Crippen LogP contribution in [0.15, 0.2) is 24.3 Å². The number of hydrogen-bond acceptors (Lipinski definition) is 2. The molecule has 2 N–H and O–H groups in total. The van der Waals surface area contributed by atoms with Crippen LogP contribution < -0.4 is 5.73 Å². The molecule has 1 aromatic heterocycles. The van der Waals surface area contributed by atoms with Crippen molar-refractivity contribution < 1.29 is 4.39 Å². The molecule has 1 heterocycles. The molecule has 0 radical (unpaired) electrons. The van der Waals surface area contributed by atoms with Gasteiger partial charge in [-0.2, -0.15) is 5.10 Å². The van der Waals surface area contributed by atoms with Crippen LogP contribution in [0.2, 0.25) is 5.02 Å². The van der Waals surface area contributed by atoms with Gasteiger partial charge in [0, 0.05) is 24.6 Å². The Morgan fingerprint density at radius 1 is 1.42 bits per heavy atom. The molecule has 0 aliphatic carbocycles. The molecule has 1 aromatic carbocycles. The highest BCUT2D eigenvalue weighted by Gasteiger charge is 2.28. The van der Waals surface area contributed by atoms with E-state index in [2.05, 4.69) is 5.10 Å². The Hall–Kier alpha value is -1.39. The van der Waals surface area contributed by atoms with Crippen LogP contribution in [0, 0.1) is 12.7 Å². The summed E-state index contributed by atoms with van der Waals surface area (Å²) < 4.78 is 15.6. The first kappa shape index (κ1) is 14.0. The van der Waals surface area contributed by atoms with Crippen LogP contribution in [0.5, 0.6) is 0 Å². The summed E-state index contributed by atoms with van der Waals surface area (Å²) in [7, 11) is 1.81. The third kappa shape index (κ3) is 2.65. The van der Waals surface area contributed by atoms with Gasteiger partial charge in [-0.05, 0) is 19.9 Å². The zero-order chi connectivity index (χ0) is 14.2. The van der Waals surface area contributed by atoms with Gasteiger partial charge in [0.1, 0.15) is 5.82 Å². The van der Waals surface area contributed by atoms with Crippen LogP contribution in [-0.2, 0) is 19.0 Å². The SMILES string of the molecule is Cc1nn(C)c(CC(C)(N)c2ccccc2F)c1Cl. The first-order chi connectivity index (χ1) is 8.83. The molecule has 0 fully saturated rings. The molecule has 5 heteroatoms. The van der Waals surface area contributed by atoms with Gasteiger partial charge < -0.3 is 5.73 Å². The average Bonchev–Trinajstić information content (AvgIpc) is 2.56. The Morgan fingerprint density at radius 2 is 2.05 bits per heavy atom. The highest BCUT2D eigenvalue weighted by Crippen LogP contribution is 2.29. The van der Waals surface area contributed by atoms with E-state index in [1.807, 2.05) is 14.0 Å². The minimum Gasteiger partial charge on any atom is -0.321 e. The first-order valence-electron chi connectivity index (χ1n) is 6.05. The molecule has 0 saturated heterocycles. The molecular formula is C14H17ClFN3. The quantitative estimate of drug-likeness (QED) is 0.940. The standard InChI is InChI=1S/C14H17ClFN3/c1-9-13(15)12(19(3)18-9)8-14(2,17)10-6-4-5-7-11(10)16/h4-7H,8,17H2,1-3H3. The van der Waals surface area contributed by atoms with E-state index in [0.717, 1.165) is 11.4 Å². The van der Waals surface area contributed by atoms with Crippen molar-refractivity contribution in [1.82, 2.24) is 9.78 Å². The second kappa shape index (κ2) is 4.94. The van der Waals surface area contributed by atoms with Gasteiger partial charge in [-0.3, -0.25) is 4.68 Å². The average molecular weight is 282 g/mol. The molecule has 0 bridgehead atoms. The van der Waals surface area contributed by atoms with Gasteiger partial charge in [0.15, 0.2) is 0 Å². The smallest absolute Gasteiger partial charge is 0.128 e. The van der Waals surface area contributed by atoms with Gasteiger partial charge >= 0.3 is 0 Å². The van der Waals surface area contributed by atoms with Gasteiger partial charge in [-0.25, -0.2) is 4.39 Å². The fourth-order valence-electron chi connectivity index (χ4n) is 2.24. The van der Waals surface area contributed by atoms with Crippen molar-refractivity contribution in [2.75, 3.05) is 0 Å². The first-order valence-corrected chi connectivity index (χ1v) is 6.42. The summed E-state index contributed by atoms with van der Waals surface area (Å²) in [6, 6.07) is 6.54. The van der Waals surface area contributed by atoms with Crippen LogP contribution in [-0.4, -0.2) is 9.78 Å². The maximum absolute atomic E-state index is 13.9. The molecule has 102 valence electrons. The third-order valence-electron chi connectivity index (χ3n) is 3.29. The van der Waals surface area contributed by atoms with Crippen molar-refractivity contribution in [1.29, 1.82) is 0 Å². The Labute approximate surface area is 117 Å². The van der Waals surface area contributed by atoms with Crippen molar-refractivity contribution in [3.05, 3.63) is 52.1 Å². The summed E-state index contributed by atoms with van der Waals surface area (Å²) in [5.41, 5.74) is 7.48. The second-order valence-corrected chi connectivity index (χ2v) is 5.42. The Bertz CT molecular complexity index is 605. The molecule has 0 saturated carbocycles. The number of nitrogens with two attached hydrogens (primary N) is 1. The number of hydrogen-bond donors (Lipinski definition) is 1. The lowest BCUT2D eigenvalue weighted by Gasteiger charge is -2.26. The zero-order valence-electron chi connectivity index (χ0n) is 11.2. The number of aromatic nitrogens is 2. The van der Waals surface area contributed by atoms with Crippen molar-refractivity contribution in [3.63, 3.8) is 0 Å². The molecule has 1 atom stereocenters. The maximum Gasteiger partial charge on any atom is 0.128 e. The lowest BCUT2D eigenvalue weighted by Crippen LogP contribution is -2.37. The number of aryl methyl sites for hydroxylation is 2. The highest BCUT2D eigenvalue weighted by molar-refractivity contribution is 6.31. The van der Waals surface area contributed by atoms with Gasteiger partial charge in [-0.1, -0.05) is 29.8 Å². The molecule has 0 aliphatic heterocycles. The predicted octanol–water partition coefficient (Wildman–Crippen LogP) is 2.94. The molecule has 19 heavy (non-hydrogen) atoms. The summed E-state index contributed by atoms with van der Waals surface area (Å²) in [5.74, 6) is -0.303. The molecule has 2 rings (SSSR count). The maximum atomic E-state index is 13.9. The Kier molecular flexibility index (Phi) is 3.65. The van der Waals surface area contributed by atoms with E-state index >= 15 is 0 Å². The van der Waals surface area contributed by atoms with Gasteiger partial charge in [-0.15, -0.1) is 0 Å². The lowest BCUT2D eigenvalue weighted by molar-refractivity contribution is 0.444. The van der Waals surface area contributed by atoms with Crippen molar-refractivity contribution >= 4 is 11.6 Å². The van der Waals surface area contributed by atoms with E-state index in [4.69, 9.17) is 17.3 Å². The monoisotopic (exact) mass is 281 g/mol. The van der Waals surface area contributed by atoms with Gasteiger partial charge in [0.2, 0.25) is 0 Å². The van der Waals surface area contributed by atoms with Crippen LogP contribution in [0.4, 0.5) is 4.39 Å². The van der Waals surface area contributed by atoms with E-state index in [0.29, 0.717) is 17.0 Å². The molecule has 2 aromatic rings. The van der Waals surface area contributed by atoms with Crippen LogP contribution >= 0.6 is 11.6 Å². The number of nitrogens with zero attached hydrogens (tertiary/aromatic N) is 2. The topological polar surface area (TPSA) is 43.8 Å². The number of benzene rings is 1. The van der Waals surface area contributed by atoms with E-state index < -0.39 is 5.54 Å². The van der Waals surface area contributed by atoms with Crippen LogP contribution in [0.1, 0.15) is 23.9 Å². The van der Waals surface area contributed by atoms with Gasteiger partial charge in [0.05, 0.1) is 16.4 Å². The van der Waals surface area contributed by atoms with E-state index in [9.17, 15) is 4.39 Å². The van der Waals surface area contributed by atoms with Crippen LogP contribution in [0.3, 0.4) is 0 Å². The molecule has 0 amide bonds. The Balaban J connectivity index is 2.39. The molecule has 0 spiro atoms. The summed E-state index contributed by atoms with van der Waals surface area (Å²) in [6.45, 7) is 3.63. The fraction of sp³-hybridized carbons (Fsp3) is 0.357. The highest BCUT2D eigenvalue weighted by atomic mass is 35.5. The van der Waals surface area contributed by atoms with E-state index in [1.165, 1.54) is 6.07 Å². The zero-order valence-corrected chi connectivity index (χ0v) is 12.0. The summed E-state index contributed by atoms with van der Waals surface area (Å²) >= 11 is 6.21.